The van der Waals surface area contributed by atoms with Crippen molar-refractivity contribution in [3.8, 4) is 11.5 Å². The number of fused-ring (bicyclic) bond motifs is 1. The van der Waals surface area contributed by atoms with Gasteiger partial charge in [-0.15, -0.1) is 0 Å². The lowest BCUT2D eigenvalue weighted by Gasteiger charge is -2.03. The zero-order chi connectivity index (χ0) is 15.8. The number of amides is 2. The summed E-state index contributed by atoms with van der Waals surface area (Å²) in [6, 6.07) is 5.09. The van der Waals surface area contributed by atoms with E-state index in [4.69, 9.17) is 13.9 Å². The SMILES string of the molecule is O=C(Nc1ccc2c(c1)OCO2)c1coc(NC(=O)C2CC2)n1. The minimum atomic E-state index is -0.445. The van der Waals surface area contributed by atoms with E-state index in [1.54, 1.807) is 18.2 Å². The fourth-order valence-corrected chi connectivity index (χ4v) is 2.16. The molecule has 0 saturated heterocycles. The highest BCUT2D eigenvalue weighted by Crippen LogP contribution is 2.34. The van der Waals surface area contributed by atoms with Crippen LogP contribution in [0, 0.1) is 5.92 Å². The molecule has 2 N–H and O–H groups in total. The molecule has 0 bridgehead atoms. The standard InChI is InChI=1S/C15H13N3O5/c19-13(8-1-2-8)18-15-17-10(6-21-15)14(20)16-9-3-4-11-12(5-9)23-7-22-11/h3-6,8H,1-2,7H2,(H,16,20)(H,17,18,19). The molecule has 2 aromatic rings. The van der Waals surface area contributed by atoms with Gasteiger partial charge in [-0.3, -0.25) is 14.9 Å². The van der Waals surface area contributed by atoms with E-state index in [9.17, 15) is 9.59 Å². The summed E-state index contributed by atoms with van der Waals surface area (Å²) < 4.78 is 15.6. The van der Waals surface area contributed by atoms with Crippen LogP contribution in [0.25, 0.3) is 0 Å². The lowest BCUT2D eigenvalue weighted by Crippen LogP contribution is -2.15. The number of carbonyl (C=O) groups excluding carboxylic acids is 2. The Labute approximate surface area is 130 Å². The Balaban J connectivity index is 1.42. The first kappa shape index (κ1) is 13.6. The van der Waals surface area contributed by atoms with Crippen molar-refractivity contribution in [3.05, 3.63) is 30.2 Å². The van der Waals surface area contributed by atoms with Gasteiger partial charge >= 0.3 is 6.01 Å². The first-order valence-electron chi connectivity index (χ1n) is 7.16. The predicted molar refractivity (Wildman–Crippen MR) is 78.4 cm³/mol. The fraction of sp³-hybridized carbons (Fsp3) is 0.267. The molecule has 1 aliphatic heterocycles. The zero-order valence-electron chi connectivity index (χ0n) is 12.0. The molecule has 1 aromatic heterocycles. The van der Waals surface area contributed by atoms with Crippen LogP contribution in [0.3, 0.4) is 0 Å². The lowest BCUT2D eigenvalue weighted by atomic mass is 10.2. The third-order valence-corrected chi connectivity index (χ3v) is 3.55. The smallest absolute Gasteiger partial charge is 0.302 e. The van der Waals surface area contributed by atoms with Crippen LogP contribution in [-0.2, 0) is 4.79 Å². The van der Waals surface area contributed by atoms with Crippen LogP contribution in [0.5, 0.6) is 11.5 Å². The Morgan fingerprint density at radius 2 is 1.96 bits per heavy atom. The number of ether oxygens (including phenoxy) is 2. The van der Waals surface area contributed by atoms with Crippen molar-refractivity contribution in [2.75, 3.05) is 17.4 Å². The van der Waals surface area contributed by atoms with Crippen molar-refractivity contribution in [1.29, 1.82) is 0 Å². The van der Waals surface area contributed by atoms with E-state index in [2.05, 4.69) is 15.6 Å². The van der Waals surface area contributed by atoms with Gasteiger partial charge in [-0.2, -0.15) is 4.98 Å². The number of hydrogen-bond acceptors (Lipinski definition) is 6. The van der Waals surface area contributed by atoms with Gasteiger partial charge in [0.15, 0.2) is 17.2 Å². The Bertz CT molecular complexity index is 781. The quantitative estimate of drug-likeness (QED) is 0.894. The highest BCUT2D eigenvalue weighted by molar-refractivity contribution is 6.03. The van der Waals surface area contributed by atoms with Crippen LogP contribution in [0.2, 0.25) is 0 Å². The summed E-state index contributed by atoms with van der Waals surface area (Å²) in [5.41, 5.74) is 0.625. The van der Waals surface area contributed by atoms with E-state index in [1.807, 2.05) is 0 Å². The number of nitrogens with zero attached hydrogens (tertiary/aromatic N) is 1. The second-order valence-corrected chi connectivity index (χ2v) is 5.32. The summed E-state index contributed by atoms with van der Waals surface area (Å²) in [6.07, 6.45) is 2.96. The van der Waals surface area contributed by atoms with Crippen LogP contribution in [0.15, 0.2) is 28.9 Å². The Hall–Kier alpha value is -3.03. The monoisotopic (exact) mass is 315 g/mol. The predicted octanol–water partition coefficient (Wildman–Crippen LogP) is 2.00. The minimum Gasteiger partial charge on any atom is -0.454 e. The van der Waals surface area contributed by atoms with Crippen LogP contribution in [0.4, 0.5) is 11.7 Å². The Morgan fingerprint density at radius 1 is 1.13 bits per heavy atom. The highest BCUT2D eigenvalue weighted by Gasteiger charge is 2.30. The maximum atomic E-state index is 12.1. The van der Waals surface area contributed by atoms with E-state index < -0.39 is 5.91 Å². The summed E-state index contributed by atoms with van der Waals surface area (Å²) in [4.78, 5) is 27.7. The molecule has 0 unspecified atom stereocenters. The molecule has 2 amide bonds. The summed E-state index contributed by atoms with van der Waals surface area (Å²) in [5, 5.41) is 5.22. The molecule has 1 saturated carbocycles. The van der Waals surface area contributed by atoms with Gasteiger partial charge in [0, 0.05) is 17.7 Å². The largest absolute Gasteiger partial charge is 0.454 e. The van der Waals surface area contributed by atoms with E-state index in [0.29, 0.717) is 17.2 Å². The maximum absolute atomic E-state index is 12.1. The molecule has 1 fully saturated rings. The number of oxazole rings is 1. The molecule has 0 radical (unpaired) electrons. The molecule has 118 valence electrons. The maximum Gasteiger partial charge on any atom is 0.302 e. The van der Waals surface area contributed by atoms with E-state index in [1.165, 1.54) is 6.26 Å². The number of aromatic nitrogens is 1. The van der Waals surface area contributed by atoms with Crippen LogP contribution in [-0.4, -0.2) is 23.6 Å². The van der Waals surface area contributed by atoms with Crippen LogP contribution in [0.1, 0.15) is 23.3 Å². The molecular formula is C15H13N3O5. The summed E-state index contributed by atoms with van der Waals surface area (Å²) in [6.45, 7) is 0.167. The van der Waals surface area contributed by atoms with Gasteiger partial charge in [0.2, 0.25) is 12.7 Å². The van der Waals surface area contributed by atoms with Gasteiger partial charge in [0.1, 0.15) is 6.26 Å². The minimum absolute atomic E-state index is 0.0257. The van der Waals surface area contributed by atoms with Crippen LogP contribution >= 0.6 is 0 Å². The van der Waals surface area contributed by atoms with Crippen molar-refractivity contribution in [2.24, 2.45) is 5.92 Å². The first-order valence-corrected chi connectivity index (χ1v) is 7.16. The first-order chi connectivity index (χ1) is 11.2. The second-order valence-electron chi connectivity index (χ2n) is 5.32. The number of carbonyl (C=O) groups is 2. The van der Waals surface area contributed by atoms with Gasteiger partial charge in [-0.25, -0.2) is 0 Å². The van der Waals surface area contributed by atoms with Crippen LogP contribution < -0.4 is 20.1 Å². The third-order valence-electron chi connectivity index (χ3n) is 3.55. The topological polar surface area (TPSA) is 103 Å². The molecular weight excluding hydrogens is 302 g/mol. The highest BCUT2D eigenvalue weighted by atomic mass is 16.7. The zero-order valence-corrected chi connectivity index (χ0v) is 12.0. The molecule has 0 spiro atoms. The average Bonchev–Trinajstić information content (AvgIpc) is 3.11. The number of hydrogen-bond donors (Lipinski definition) is 2. The van der Waals surface area contributed by atoms with Gasteiger partial charge < -0.3 is 19.2 Å². The van der Waals surface area contributed by atoms with Crippen molar-refractivity contribution in [3.63, 3.8) is 0 Å². The fourth-order valence-electron chi connectivity index (χ4n) is 2.16. The van der Waals surface area contributed by atoms with Gasteiger partial charge in [-0.05, 0) is 25.0 Å². The molecule has 2 heterocycles. The normalized spacial score (nSPS) is 15.3. The number of nitrogens with one attached hydrogen (secondary N) is 2. The molecule has 4 rings (SSSR count). The van der Waals surface area contributed by atoms with Crippen molar-refractivity contribution >= 4 is 23.5 Å². The van der Waals surface area contributed by atoms with Gasteiger partial charge in [-0.1, -0.05) is 0 Å². The summed E-state index contributed by atoms with van der Waals surface area (Å²) in [5.74, 6) is 0.664. The Kier molecular flexibility index (Phi) is 3.14. The molecule has 23 heavy (non-hydrogen) atoms. The molecule has 1 aromatic carbocycles. The number of rotatable bonds is 4. The second kappa shape index (κ2) is 5.31. The molecule has 2 aliphatic rings. The number of anilines is 2. The van der Waals surface area contributed by atoms with Crippen molar-refractivity contribution in [1.82, 2.24) is 4.98 Å². The molecule has 8 heteroatoms. The van der Waals surface area contributed by atoms with Gasteiger partial charge in [0.05, 0.1) is 0 Å². The molecule has 0 atom stereocenters. The molecule has 1 aliphatic carbocycles. The lowest BCUT2D eigenvalue weighted by molar-refractivity contribution is -0.117. The van der Waals surface area contributed by atoms with Gasteiger partial charge in [0.25, 0.3) is 5.91 Å². The van der Waals surface area contributed by atoms with Crippen molar-refractivity contribution in [2.45, 2.75) is 12.8 Å². The number of benzene rings is 1. The van der Waals surface area contributed by atoms with Crippen molar-refractivity contribution < 1.29 is 23.5 Å². The third kappa shape index (κ3) is 2.83. The van der Waals surface area contributed by atoms with E-state index in [0.717, 1.165) is 12.8 Å². The molecule has 8 nitrogen and oxygen atoms in total. The van der Waals surface area contributed by atoms with E-state index >= 15 is 0 Å². The Morgan fingerprint density at radius 3 is 2.78 bits per heavy atom. The van der Waals surface area contributed by atoms with E-state index in [-0.39, 0.29) is 30.3 Å². The summed E-state index contributed by atoms with van der Waals surface area (Å²) in [7, 11) is 0. The summed E-state index contributed by atoms with van der Waals surface area (Å²) >= 11 is 0. The average molecular weight is 315 g/mol.